The van der Waals surface area contributed by atoms with E-state index in [1.165, 1.54) is 37.1 Å². The maximum absolute atomic E-state index is 11.9. The number of amides is 1. The highest BCUT2D eigenvalue weighted by atomic mass is 16.1. The quantitative estimate of drug-likeness (QED) is 0.772. The Bertz CT molecular complexity index is 515. The van der Waals surface area contributed by atoms with Gasteiger partial charge in [-0.1, -0.05) is 36.4 Å². The molecule has 1 saturated heterocycles. The number of carbonyl (C=O) groups is 1. The maximum atomic E-state index is 11.9. The Hall–Kier alpha value is -1.61. The van der Waals surface area contributed by atoms with Crippen molar-refractivity contribution < 1.29 is 9.69 Å². The van der Waals surface area contributed by atoms with Crippen LogP contribution in [0.1, 0.15) is 43.2 Å². The van der Waals surface area contributed by atoms with E-state index in [-0.39, 0.29) is 5.91 Å². The van der Waals surface area contributed by atoms with Gasteiger partial charge in [0.05, 0.1) is 13.1 Å². The molecule has 0 aromatic heterocycles. The van der Waals surface area contributed by atoms with Crippen LogP contribution in [0, 0.1) is 5.92 Å². The number of likely N-dealkylation sites (tertiary alicyclic amines) is 1. The molecule has 1 amide bonds. The van der Waals surface area contributed by atoms with Crippen molar-refractivity contribution in [2.24, 2.45) is 5.92 Å². The molecule has 3 nitrogen and oxygen atoms in total. The van der Waals surface area contributed by atoms with Gasteiger partial charge >= 0.3 is 0 Å². The van der Waals surface area contributed by atoms with Crippen LogP contribution < -0.4 is 10.2 Å². The van der Waals surface area contributed by atoms with Crippen molar-refractivity contribution >= 4 is 5.91 Å². The number of carbonyl (C=O) groups excluding carboxylic acids is 1. The smallest absolute Gasteiger partial charge is 0.220 e. The number of rotatable bonds is 6. The lowest BCUT2D eigenvalue weighted by molar-refractivity contribution is -0.901. The van der Waals surface area contributed by atoms with Gasteiger partial charge in [0, 0.05) is 31.4 Å². The molecule has 2 N–H and O–H groups in total. The van der Waals surface area contributed by atoms with Crippen LogP contribution in [0.4, 0.5) is 0 Å². The summed E-state index contributed by atoms with van der Waals surface area (Å²) in [5.74, 6) is 0.618. The van der Waals surface area contributed by atoms with Gasteiger partial charge in [0.2, 0.25) is 5.91 Å². The first-order chi connectivity index (χ1) is 10.8. The molecular formula is C19H27N2O+. The van der Waals surface area contributed by atoms with Gasteiger partial charge < -0.3 is 10.2 Å². The van der Waals surface area contributed by atoms with Crippen molar-refractivity contribution in [2.75, 3.05) is 13.1 Å². The summed E-state index contributed by atoms with van der Waals surface area (Å²) >= 11 is 0. The van der Waals surface area contributed by atoms with Crippen LogP contribution in [0.25, 0.3) is 0 Å². The lowest BCUT2D eigenvalue weighted by Crippen LogP contribution is -3.08. The summed E-state index contributed by atoms with van der Waals surface area (Å²) in [6.45, 7) is 4.41. The summed E-state index contributed by atoms with van der Waals surface area (Å²) in [7, 11) is 0. The summed E-state index contributed by atoms with van der Waals surface area (Å²) in [5.41, 5.74) is 2.60. The van der Waals surface area contributed by atoms with E-state index < -0.39 is 0 Å². The second-order valence-corrected chi connectivity index (χ2v) is 6.70. The van der Waals surface area contributed by atoms with Crippen molar-refractivity contribution in [3.8, 4) is 0 Å². The Morgan fingerprint density at radius 2 is 1.86 bits per heavy atom. The average molecular weight is 299 g/mol. The molecule has 0 spiro atoms. The van der Waals surface area contributed by atoms with Crippen LogP contribution in [-0.2, 0) is 17.9 Å². The highest BCUT2D eigenvalue weighted by Crippen LogP contribution is 2.20. The molecule has 1 aliphatic heterocycles. The van der Waals surface area contributed by atoms with Gasteiger partial charge in [0.25, 0.3) is 0 Å². The van der Waals surface area contributed by atoms with Crippen LogP contribution in [0.5, 0.6) is 0 Å². The number of nitrogens with one attached hydrogen (secondary N) is 2. The standard InChI is InChI=1S/C19H26N2O/c22-19(13-16-5-1-2-6-16)20-14-17-7-9-18(10-8-17)15-21-11-3-4-12-21/h1,5,7-10,16H,2-4,6,11-15H2,(H,20,22)/p+1/t16-/m0/s1. The third-order valence-electron chi connectivity index (χ3n) is 4.84. The molecule has 1 heterocycles. The van der Waals surface area contributed by atoms with Gasteiger partial charge in [-0.2, -0.15) is 0 Å². The van der Waals surface area contributed by atoms with E-state index in [4.69, 9.17) is 0 Å². The van der Waals surface area contributed by atoms with Crippen molar-refractivity contribution in [3.05, 3.63) is 47.5 Å². The second-order valence-electron chi connectivity index (χ2n) is 6.70. The predicted molar refractivity (Wildman–Crippen MR) is 88.4 cm³/mol. The fraction of sp³-hybridized carbons (Fsp3) is 0.526. The van der Waals surface area contributed by atoms with E-state index in [9.17, 15) is 4.79 Å². The molecular weight excluding hydrogens is 272 g/mol. The Morgan fingerprint density at radius 3 is 2.55 bits per heavy atom. The lowest BCUT2D eigenvalue weighted by Gasteiger charge is -2.12. The Balaban J connectivity index is 1.42. The Labute approximate surface area is 133 Å². The fourth-order valence-electron chi connectivity index (χ4n) is 3.49. The Kier molecular flexibility index (Phi) is 5.28. The van der Waals surface area contributed by atoms with Gasteiger partial charge in [0.1, 0.15) is 6.54 Å². The number of hydrogen-bond acceptors (Lipinski definition) is 1. The van der Waals surface area contributed by atoms with Crippen molar-refractivity contribution in [1.29, 1.82) is 0 Å². The Morgan fingerprint density at radius 1 is 1.14 bits per heavy atom. The molecule has 1 atom stereocenters. The molecule has 118 valence electrons. The molecule has 1 aliphatic carbocycles. The summed E-state index contributed by atoms with van der Waals surface area (Å²) in [6, 6.07) is 8.74. The minimum absolute atomic E-state index is 0.169. The minimum atomic E-state index is 0.169. The van der Waals surface area contributed by atoms with E-state index >= 15 is 0 Å². The first-order valence-electron chi connectivity index (χ1n) is 8.64. The number of allylic oxidation sites excluding steroid dienone is 2. The number of quaternary nitrogens is 1. The molecule has 2 aliphatic rings. The molecule has 0 saturated carbocycles. The van der Waals surface area contributed by atoms with Crippen LogP contribution in [0.3, 0.4) is 0 Å². The van der Waals surface area contributed by atoms with Crippen molar-refractivity contribution in [2.45, 2.75) is 45.2 Å². The number of hydrogen-bond donors (Lipinski definition) is 2. The monoisotopic (exact) mass is 299 g/mol. The van der Waals surface area contributed by atoms with Gasteiger partial charge in [-0.15, -0.1) is 0 Å². The summed E-state index contributed by atoms with van der Waals surface area (Å²) < 4.78 is 0. The third kappa shape index (κ3) is 4.44. The topological polar surface area (TPSA) is 33.5 Å². The first kappa shape index (κ1) is 15.3. The zero-order valence-corrected chi connectivity index (χ0v) is 13.3. The van der Waals surface area contributed by atoms with E-state index in [1.807, 2.05) is 0 Å². The van der Waals surface area contributed by atoms with Crippen molar-refractivity contribution in [1.82, 2.24) is 5.32 Å². The fourth-order valence-corrected chi connectivity index (χ4v) is 3.49. The van der Waals surface area contributed by atoms with Gasteiger partial charge in [-0.05, 0) is 24.3 Å². The van der Waals surface area contributed by atoms with Gasteiger partial charge in [0.15, 0.2) is 0 Å². The summed E-state index contributed by atoms with van der Waals surface area (Å²) in [5, 5.41) is 3.04. The molecule has 0 bridgehead atoms. The zero-order valence-electron chi connectivity index (χ0n) is 13.3. The molecule has 1 fully saturated rings. The second kappa shape index (κ2) is 7.59. The molecule has 0 unspecified atom stereocenters. The van der Waals surface area contributed by atoms with Crippen molar-refractivity contribution in [3.63, 3.8) is 0 Å². The van der Waals surface area contributed by atoms with E-state index in [0.29, 0.717) is 18.9 Å². The highest BCUT2D eigenvalue weighted by molar-refractivity contribution is 5.76. The predicted octanol–water partition coefficient (Wildman–Crippen LogP) is 1.84. The van der Waals surface area contributed by atoms with Gasteiger partial charge in [-0.3, -0.25) is 4.79 Å². The molecule has 3 heteroatoms. The number of benzene rings is 1. The summed E-state index contributed by atoms with van der Waals surface area (Å²) in [4.78, 5) is 13.6. The van der Waals surface area contributed by atoms with E-state index in [2.05, 4.69) is 41.7 Å². The van der Waals surface area contributed by atoms with E-state index in [0.717, 1.165) is 19.4 Å². The van der Waals surface area contributed by atoms with Gasteiger partial charge in [-0.25, -0.2) is 0 Å². The van der Waals surface area contributed by atoms with Crippen LogP contribution >= 0.6 is 0 Å². The highest BCUT2D eigenvalue weighted by Gasteiger charge is 2.15. The van der Waals surface area contributed by atoms with Crippen LogP contribution in [0.2, 0.25) is 0 Å². The minimum Gasteiger partial charge on any atom is -0.352 e. The molecule has 1 aromatic rings. The largest absolute Gasteiger partial charge is 0.352 e. The molecule has 0 radical (unpaired) electrons. The molecule has 22 heavy (non-hydrogen) atoms. The third-order valence-corrected chi connectivity index (χ3v) is 4.84. The molecule has 3 rings (SSSR count). The average Bonchev–Trinajstić information content (AvgIpc) is 3.20. The lowest BCUT2D eigenvalue weighted by atomic mass is 10.0. The normalized spacial score (nSPS) is 21.4. The maximum Gasteiger partial charge on any atom is 0.220 e. The first-order valence-corrected chi connectivity index (χ1v) is 8.64. The SMILES string of the molecule is O=C(C[C@H]1C=CCC1)NCc1ccc(C[NH+]2CCCC2)cc1. The zero-order chi connectivity index (χ0) is 15.2. The van der Waals surface area contributed by atoms with Crippen LogP contribution in [-0.4, -0.2) is 19.0 Å². The molecule has 1 aromatic carbocycles. The summed E-state index contributed by atoms with van der Waals surface area (Å²) in [6.07, 6.45) is 9.98. The van der Waals surface area contributed by atoms with E-state index in [1.54, 1.807) is 4.90 Å². The van der Waals surface area contributed by atoms with Crippen LogP contribution in [0.15, 0.2) is 36.4 Å².